The van der Waals surface area contributed by atoms with E-state index in [0.717, 1.165) is 24.6 Å². The summed E-state index contributed by atoms with van der Waals surface area (Å²) in [6.07, 6.45) is 5.77. The fraction of sp³-hybridized carbons (Fsp3) is 0.875. The minimum absolute atomic E-state index is 0.0451. The fourth-order valence-corrected chi connectivity index (χ4v) is 2.41. The van der Waals surface area contributed by atoms with Gasteiger partial charge in [-0.1, -0.05) is 28.8 Å². The number of hydrogen-bond acceptors (Lipinski definition) is 1. The van der Waals surface area contributed by atoms with E-state index in [9.17, 15) is 0 Å². The molecule has 0 aromatic rings. The maximum absolute atomic E-state index is 8.88. The van der Waals surface area contributed by atoms with E-state index in [2.05, 4.69) is 22.0 Å². The van der Waals surface area contributed by atoms with Crippen molar-refractivity contribution in [2.45, 2.75) is 32.1 Å². The fourth-order valence-electron chi connectivity index (χ4n) is 1.65. The number of nitriles is 1. The Morgan fingerprint density at radius 2 is 2.00 bits per heavy atom. The first-order valence-electron chi connectivity index (χ1n) is 3.80. The third-order valence-electron chi connectivity index (χ3n) is 2.37. The van der Waals surface area contributed by atoms with Crippen LogP contribution in [0.2, 0.25) is 0 Å². The van der Waals surface area contributed by atoms with Crippen LogP contribution in [-0.4, -0.2) is 5.33 Å². The lowest BCUT2D eigenvalue weighted by molar-refractivity contribution is 0.400. The van der Waals surface area contributed by atoms with E-state index in [1.165, 1.54) is 12.8 Å². The molecule has 0 aliphatic heterocycles. The molecule has 0 aromatic carbocycles. The second-order valence-electron chi connectivity index (χ2n) is 3.04. The third-order valence-corrected chi connectivity index (χ3v) is 2.77. The predicted molar refractivity (Wildman–Crippen MR) is 44.9 cm³/mol. The van der Waals surface area contributed by atoms with Gasteiger partial charge in [-0.15, -0.1) is 0 Å². The van der Waals surface area contributed by atoms with Gasteiger partial charge in [-0.2, -0.15) is 5.26 Å². The maximum Gasteiger partial charge on any atom is 0.0690 e. The van der Waals surface area contributed by atoms with E-state index < -0.39 is 0 Å². The number of alkyl halides is 1. The van der Waals surface area contributed by atoms with Gasteiger partial charge in [-0.3, -0.25) is 0 Å². The van der Waals surface area contributed by atoms with Gasteiger partial charge in [0.1, 0.15) is 0 Å². The van der Waals surface area contributed by atoms with Crippen LogP contribution in [-0.2, 0) is 0 Å². The molecule has 1 rings (SSSR count). The molecule has 0 unspecified atom stereocenters. The molecule has 1 fully saturated rings. The Kier molecular flexibility index (Phi) is 2.73. The van der Waals surface area contributed by atoms with Gasteiger partial charge in [0.05, 0.1) is 11.5 Å². The van der Waals surface area contributed by atoms with Gasteiger partial charge < -0.3 is 0 Å². The highest BCUT2D eigenvalue weighted by Gasteiger charge is 2.32. The average Bonchev–Trinajstić information content (AvgIpc) is 2.39. The molecule has 10 heavy (non-hydrogen) atoms. The highest BCUT2D eigenvalue weighted by atomic mass is 79.9. The highest BCUT2D eigenvalue weighted by molar-refractivity contribution is 9.09. The van der Waals surface area contributed by atoms with Gasteiger partial charge in [-0.05, 0) is 19.3 Å². The van der Waals surface area contributed by atoms with Crippen molar-refractivity contribution >= 4 is 15.9 Å². The van der Waals surface area contributed by atoms with E-state index in [1.807, 2.05) is 0 Å². The van der Waals surface area contributed by atoms with Gasteiger partial charge in [0.2, 0.25) is 0 Å². The van der Waals surface area contributed by atoms with Gasteiger partial charge in [0.15, 0.2) is 0 Å². The molecule has 0 spiro atoms. The van der Waals surface area contributed by atoms with Gasteiger partial charge in [0, 0.05) is 5.33 Å². The van der Waals surface area contributed by atoms with Crippen LogP contribution in [0.1, 0.15) is 32.1 Å². The van der Waals surface area contributed by atoms with Gasteiger partial charge in [-0.25, -0.2) is 0 Å². The molecular weight excluding hydrogens is 190 g/mol. The third kappa shape index (κ3) is 1.52. The van der Waals surface area contributed by atoms with E-state index in [-0.39, 0.29) is 5.41 Å². The van der Waals surface area contributed by atoms with Crippen LogP contribution in [0.15, 0.2) is 0 Å². The molecule has 1 aliphatic carbocycles. The molecule has 0 bridgehead atoms. The molecule has 0 saturated heterocycles. The Labute approximate surface area is 70.5 Å². The molecule has 1 nitrogen and oxygen atoms in total. The summed E-state index contributed by atoms with van der Waals surface area (Å²) in [5, 5.41) is 9.85. The minimum atomic E-state index is 0.0451. The van der Waals surface area contributed by atoms with Crippen molar-refractivity contribution in [1.82, 2.24) is 0 Å². The molecule has 0 radical (unpaired) electrons. The number of halogens is 1. The van der Waals surface area contributed by atoms with Crippen molar-refractivity contribution in [2.24, 2.45) is 5.41 Å². The Hall–Kier alpha value is -0.0300. The first kappa shape index (κ1) is 8.07. The van der Waals surface area contributed by atoms with Crippen LogP contribution in [0.3, 0.4) is 0 Å². The Bertz CT molecular complexity index is 142. The molecular formula is C8H12BrN. The van der Waals surface area contributed by atoms with Crippen LogP contribution >= 0.6 is 15.9 Å². The van der Waals surface area contributed by atoms with Crippen LogP contribution < -0.4 is 0 Å². The molecule has 0 aromatic heterocycles. The number of hydrogen-bond donors (Lipinski definition) is 0. The smallest absolute Gasteiger partial charge is 0.0690 e. The molecule has 0 N–H and O–H groups in total. The van der Waals surface area contributed by atoms with Crippen LogP contribution in [0.4, 0.5) is 0 Å². The first-order valence-corrected chi connectivity index (χ1v) is 4.92. The quantitative estimate of drug-likeness (QED) is 0.631. The van der Waals surface area contributed by atoms with E-state index >= 15 is 0 Å². The minimum Gasteiger partial charge on any atom is -0.198 e. The predicted octanol–water partition coefficient (Wildman–Crippen LogP) is 2.86. The SMILES string of the molecule is N#CC1(CCBr)CCCC1. The Morgan fingerprint density at radius 3 is 2.40 bits per heavy atom. The Morgan fingerprint density at radius 1 is 1.40 bits per heavy atom. The first-order chi connectivity index (χ1) is 4.83. The monoisotopic (exact) mass is 201 g/mol. The summed E-state index contributed by atoms with van der Waals surface area (Å²) in [4.78, 5) is 0. The number of nitrogens with zero attached hydrogens (tertiary/aromatic N) is 1. The highest BCUT2D eigenvalue weighted by Crippen LogP contribution is 2.40. The summed E-state index contributed by atoms with van der Waals surface area (Å²) in [6, 6.07) is 2.45. The zero-order valence-corrected chi connectivity index (χ0v) is 7.65. The van der Waals surface area contributed by atoms with E-state index in [4.69, 9.17) is 5.26 Å². The normalized spacial score (nSPS) is 22.4. The zero-order chi connectivity index (χ0) is 7.45. The maximum atomic E-state index is 8.88. The Balaban J connectivity index is 2.51. The average molecular weight is 202 g/mol. The summed E-state index contributed by atoms with van der Waals surface area (Å²) in [6.45, 7) is 0. The lowest BCUT2D eigenvalue weighted by Crippen LogP contribution is -2.13. The van der Waals surface area contributed by atoms with Crippen molar-refractivity contribution in [3.63, 3.8) is 0 Å². The van der Waals surface area contributed by atoms with E-state index in [1.54, 1.807) is 0 Å². The van der Waals surface area contributed by atoms with Crippen molar-refractivity contribution in [3.8, 4) is 6.07 Å². The molecule has 0 heterocycles. The zero-order valence-electron chi connectivity index (χ0n) is 6.07. The van der Waals surface area contributed by atoms with Crippen LogP contribution in [0, 0.1) is 16.7 Å². The lowest BCUT2D eigenvalue weighted by Gasteiger charge is -2.17. The van der Waals surface area contributed by atoms with Crippen molar-refractivity contribution < 1.29 is 0 Å². The van der Waals surface area contributed by atoms with Crippen LogP contribution in [0.5, 0.6) is 0 Å². The lowest BCUT2D eigenvalue weighted by atomic mass is 9.85. The second kappa shape index (κ2) is 3.39. The van der Waals surface area contributed by atoms with Crippen molar-refractivity contribution in [2.75, 3.05) is 5.33 Å². The molecule has 0 amide bonds. The summed E-state index contributed by atoms with van der Waals surface area (Å²) in [5.41, 5.74) is 0.0451. The largest absolute Gasteiger partial charge is 0.198 e. The van der Waals surface area contributed by atoms with E-state index in [0.29, 0.717) is 0 Å². The number of rotatable bonds is 2. The van der Waals surface area contributed by atoms with Crippen molar-refractivity contribution in [1.29, 1.82) is 5.26 Å². The van der Waals surface area contributed by atoms with Crippen LogP contribution in [0.25, 0.3) is 0 Å². The second-order valence-corrected chi connectivity index (χ2v) is 3.83. The summed E-state index contributed by atoms with van der Waals surface area (Å²) in [5.74, 6) is 0. The standard InChI is InChI=1S/C8H12BrN/c9-6-5-8(7-10)3-1-2-4-8/h1-6H2. The molecule has 56 valence electrons. The summed E-state index contributed by atoms with van der Waals surface area (Å²) in [7, 11) is 0. The van der Waals surface area contributed by atoms with Gasteiger partial charge >= 0.3 is 0 Å². The topological polar surface area (TPSA) is 23.8 Å². The molecule has 1 aliphatic rings. The summed E-state index contributed by atoms with van der Waals surface area (Å²) < 4.78 is 0. The van der Waals surface area contributed by atoms with Crippen molar-refractivity contribution in [3.05, 3.63) is 0 Å². The molecule has 0 atom stereocenters. The van der Waals surface area contributed by atoms with Gasteiger partial charge in [0.25, 0.3) is 0 Å². The molecule has 2 heteroatoms. The summed E-state index contributed by atoms with van der Waals surface area (Å²) >= 11 is 3.38. The molecule has 1 saturated carbocycles.